The molecule has 0 aliphatic rings. The summed E-state index contributed by atoms with van der Waals surface area (Å²) in [5, 5.41) is 2.63. The van der Waals surface area contributed by atoms with E-state index in [4.69, 9.17) is 0 Å². The fourth-order valence-corrected chi connectivity index (χ4v) is 1.11. The van der Waals surface area contributed by atoms with Gasteiger partial charge in [0.25, 0.3) is 0 Å². The molecule has 0 bridgehead atoms. The zero-order valence-corrected chi connectivity index (χ0v) is 10.4. The van der Waals surface area contributed by atoms with Crippen LogP contribution in [-0.2, 0) is 19.1 Å². The van der Waals surface area contributed by atoms with Gasteiger partial charge in [-0.25, -0.2) is 0 Å². The lowest BCUT2D eigenvalue weighted by Gasteiger charge is -2.04. The van der Waals surface area contributed by atoms with Crippen LogP contribution in [-0.4, -0.2) is 31.3 Å². The third-order valence-electron chi connectivity index (χ3n) is 2.14. The van der Waals surface area contributed by atoms with E-state index < -0.39 is 0 Å². The van der Waals surface area contributed by atoms with Gasteiger partial charge in [0, 0.05) is 25.0 Å². The highest BCUT2D eigenvalue weighted by atomic mass is 16.5. The number of hydrogen-bond donors (Lipinski definition) is 1. The molecule has 96 valence electrons. The molecule has 0 heterocycles. The molecule has 0 unspecified atom stereocenters. The van der Waals surface area contributed by atoms with Crippen molar-refractivity contribution < 1.29 is 19.1 Å². The molecule has 0 saturated carbocycles. The summed E-state index contributed by atoms with van der Waals surface area (Å²) in [7, 11) is 1.29. The average molecular weight is 241 g/mol. The molecule has 0 saturated heterocycles. The first-order valence-electron chi connectivity index (χ1n) is 5.49. The van der Waals surface area contributed by atoms with Gasteiger partial charge in [-0.05, 0) is 13.3 Å². The molecule has 5 nitrogen and oxygen atoms in total. The molecule has 0 aliphatic carbocycles. The van der Waals surface area contributed by atoms with Crippen molar-refractivity contribution in [1.82, 2.24) is 5.32 Å². The molecule has 0 fully saturated rings. The molecule has 0 aromatic rings. The van der Waals surface area contributed by atoms with E-state index in [0.717, 1.165) is 0 Å². The number of carbonyl (C=O) groups excluding carboxylic acids is 3. The number of esters is 1. The standard InChI is InChI=1S/C12H19NO4/c1-9(2)12(16)13-8-4-5-10(14)6-7-11(15)17-3/h1,4-8H2,2-3H3,(H,13,16). The van der Waals surface area contributed by atoms with Crippen molar-refractivity contribution in [3.05, 3.63) is 12.2 Å². The summed E-state index contributed by atoms with van der Waals surface area (Å²) < 4.78 is 4.43. The Morgan fingerprint density at radius 3 is 2.35 bits per heavy atom. The van der Waals surface area contributed by atoms with Crippen LogP contribution in [0, 0.1) is 0 Å². The minimum absolute atomic E-state index is 0.0000241. The van der Waals surface area contributed by atoms with Crippen molar-refractivity contribution in [2.24, 2.45) is 0 Å². The van der Waals surface area contributed by atoms with Crippen LogP contribution in [0.5, 0.6) is 0 Å². The highest BCUT2D eigenvalue weighted by Gasteiger charge is 2.07. The van der Waals surface area contributed by atoms with E-state index in [1.54, 1.807) is 6.92 Å². The first-order valence-corrected chi connectivity index (χ1v) is 5.49. The van der Waals surface area contributed by atoms with Gasteiger partial charge in [-0.1, -0.05) is 6.58 Å². The molecule has 0 spiro atoms. The van der Waals surface area contributed by atoms with Gasteiger partial charge < -0.3 is 10.1 Å². The number of ether oxygens (including phenoxy) is 1. The predicted molar refractivity (Wildman–Crippen MR) is 63.3 cm³/mol. The third kappa shape index (κ3) is 8.19. The van der Waals surface area contributed by atoms with Gasteiger partial charge in [-0.3, -0.25) is 14.4 Å². The average Bonchev–Trinajstić information content (AvgIpc) is 2.30. The lowest BCUT2D eigenvalue weighted by Crippen LogP contribution is -2.25. The second kappa shape index (κ2) is 8.50. The molecule has 5 heteroatoms. The monoisotopic (exact) mass is 241 g/mol. The molecule has 0 aromatic heterocycles. The number of amides is 1. The molecule has 0 aromatic carbocycles. The van der Waals surface area contributed by atoms with Gasteiger partial charge in [0.2, 0.25) is 5.91 Å². The van der Waals surface area contributed by atoms with E-state index in [-0.39, 0.29) is 30.5 Å². The largest absolute Gasteiger partial charge is 0.469 e. The number of ketones is 1. The van der Waals surface area contributed by atoms with E-state index in [1.807, 2.05) is 0 Å². The minimum Gasteiger partial charge on any atom is -0.469 e. The SMILES string of the molecule is C=C(C)C(=O)NCCCC(=O)CCC(=O)OC. The molecular weight excluding hydrogens is 222 g/mol. The maximum absolute atomic E-state index is 11.3. The minimum atomic E-state index is -0.381. The van der Waals surface area contributed by atoms with Gasteiger partial charge in [0.1, 0.15) is 5.78 Å². The fourth-order valence-electron chi connectivity index (χ4n) is 1.11. The van der Waals surface area contributed by atoms with Crippen LogP contribution in [0.4, 0.5) is 0 Å². The molecule has 0 aliphatic heterocycles. The zero-order chi connectivity index (χ0) is 13.3. The van der Waals surface area contributed by atoms with Crippen LogP contribution in [0.15, 0.2) is 12.2 Å². The molecule has 0 rings (SSSR count). The normalized spacial score (nSPS) is 9.53. The first kappa shape index (κ1) is 15.3. The Bertz CT molecular complexity index is 310. The number of methoxy groups -OCH3 is 1. The van der Waals surface area contributed by atoms with Crippen LogP contribution < -0.4 is 5.32 Å². The molecule has 17 heavy (non-hydrogen) atoms. The number of nitrogens with one attached hydrogen (secondary N) is 1. The van der Waals surface area contributed by atoms with Crippen molar-refractivity contribution in [3.8, 4) is 0 Å². The summed E-state index contributed by atoms with van der Waals surface area (Å²) >= 11 is 0. The van der Waals surface area contributed by atoms with Gasteiger partial charge in [0.05, 0.1) is 13.5 Å². The van der Waals surface area contributed by atoms with Crippen LogP contribution >= 0.6 is 0 Å². The summed E-state index contributed by atoms with van der Waals surface area (Å²) in [5.41, 5.74) is 0.446. The van der Waals surface area contributed by atoms with Crippen molar-refractivity contribution >= 4 is 17.7 Å². The van der Waals surface area contributed by atoms with E-state index >= 15 is 0 Å². The third-order valence-corrected chi connectivity index (χ3v) is 2.14. The predicted octanol–water partition coefficient (Wildman–Crippen LogP) is 0.981. The number of rotatable bonds is 8. The highest BCUT2D eigenvalue weighted by Crippen LogP contribution is 1.99. The maximum atomic E-state index is 11.3. The molecule has 1 N–H and O–H groups in total. The number of hydrogen-bond acceptors (Lipinski definition) is 4. The van der Waals surface area contributed by atoms with E-state index in [0.29, 0.717) is 25.0 Å². The van der Waals surface area contributed by atoms with Gasteiger partial charge in [0.15, 0.2) is 0 Å². The lowest BCUT2D eigenvalue weighted by molar-refractivity contribution is -0.141. The van der Waals surface area contributed by atoms with Gasteiger partial charge in [-0.15, -0.1) is 0 Å². The van der Waals surface area contributed by atoms with Crippen LogP contribution in [0.25, 0.3) is 0 Å². The Labute approximate surface area is 101 Å². The van der Waals surface area contributed by atoms with Crippen molar-refractivity contribution in [2.45, 2.75) is 32.6 Å². The van der Waals surface area contributed by atoms with E-state index in [9.17, 15) is 14.4 Å². The molecular formula is C12H19NO4. The summed E-state index contributed by atoms with van der Waals surface area (Å²) in [6.07, 6.45) is 1.24. The lowest BCUT2D eigenvalue weighted by atomic mass is 10.1. The van der Waals surface area contributed by atoms with Crippen LogP contribution in [0.1, 0.15) is 32.6 Å². The van der Waals surface area contributed by atoms with Crippen LogP contribution in [0.2, 0.25) is 0 Å². The Hall–Kier alpha value is -1.65. The van der Waals surface area contributed by atoms with E-state index in [2.05, 4.69) is 16.6 Å². The quantitative estimate of drug-likeness (QED) is 0.390. The van der Waals surface area contributed by atoms with E-state index in [1.165, 1.54) is 7.11 Å². The Morgan fingerprint density at radius 1 is 1.18 bits per heavy atom. The topological polar surface area (TPSA) is 72.5 Å². The van der Waals surface area contributed by atoms with Crippen molar-refractivity contribution in [3.63, 3.8) is 0 Å². The van der Waals surface area contributed by atoms with Gasteiger partial charge >= 0.3 is 5.97 Å². The molecule has 1 amide bonds. The van der Waals surface area contributed by atoms with Crippen molar-refractivity contribution in [2.75, 3.05) is 13.7 Å². The highest BCUT2D eigenvalue weighted by molar-refractivity contribution is 5.92. The second-order valence-electron chi connectivity index (χ2n) is 3.75. The summed E-state index contributed by atoms with van der Waals surface area (Å²) in [4.78, 5) is 33.2. The smallest absolute Gasteiger partial charge is 0.305 e. The summed E-state index contributed by atoms with van der Waals surface area (Å²) in [5.74, 6) is -0.582. The number of carbonyl (C=O) groups is 3. The second-order valence-corrected chi connectivity index (χ2v) is 3.75. The first-order chi connectivity index (χ1) is 7.97. The Balaban J connectivity index is 3.55. The molecule has 0 radical (unpaired) electrons. The van der Waals surface area contributed by atoms with Crippen LogP contribution in [0.3, 0.4) is 0 Å². The maximum Gasteiger partial charge on any atom is 0.305 e. The fraction of sp³-hybridized carbons (Fsp3) is 0.583. The number of Topliss-reactive ketones (excluding diaryl/α,β-unsaturated/α-hetero) is 1. The molecule has 0 atom stereocenters. The Kier molecular flexibility index (Phi) is 7.67. The van der Waals surface area contributed by atoms with Gasteiger partial charge in [-0.2, -0.15) is 0 Å². The Morgan fingerprint density at radius 2 is 1.82 bits per heavy atom. The zero-order valence-electron chi connectivity index (χ0n) is 10.4. The summed E-state index contributed by atoms with van der Waals surface area (Å²) in [6.45, 7) is 5.56. The summed E-state index contributed by atoms with van der Waals surface area (Å²) in [6, 6.07) is 0. The van der Waals surface area contributed by atoms with Crippen molar-refractivity contribution in [1.29, 1.82) is 0 Å².